The fourth-order valence-corrected chi connectivity index (χ4v) is 2.27. The fourth-order valence-electron chi connectivity index (χ4n) is 2.27. The maximum atomic E-state index is 9.32. The molecular weight excluding hydrogens is 240 g/mol. The highest BCUT2D eigenvalue weighted by Gasteiger charge is 2.10. The molecule has 0 spiro atoms. The summed E-state index contributed by atoms with van der Waals surface area (Å²) in [6.45, 7) is 7.54. The Morgan fingerprint density at radius 3 is 2.84 bits per heavy atom. The predicted molar refractivity (Wildman–Crippen MR) is 75.1 cm³/mol. The summed E-state index contributed by atoms with van der Waals surface area (Å²) in [5.41, 5.74) is 3.27. The van der Waals surface area contributed by atoms with E-state index in [1.165, 1.54) is 0 Å². The Bertz CT molecular complexity index is 562. The summed E-state index contributed by atoms with van der Waals surface area (Å²) in [5, 5.41) is 9.32. The average Bonchev–Trinajstić information content (AvgIpc) is 2.69. The van der Waals surface area contributed by atoms with Crippen molar-refractivity contribution in [3.05, 3.63) is 29.3 Å². The third-order valence-corrected chi connectivity index (χ3v) is 3.22. The number of hydrogen-bond donors (Lipinski definition) is 1. The fraction of sp³-hybridized carbons (Fsp3) is 0.571. The Labute approximate surface area is 113 Å². The molecule has 104 valence electrons. The molecule has 19 heavy (non-hydrogen) atoms. The summed E-state index contributed by atoms with van der Waals surface area (Å²) in [6, 6.07) is 2.06. The van der Waals surface area contributed by atoms with E-state index in [1.807, 2.05) is 20.0 Å². The van der Waals surface area contributed by atoms with Crippen LogP contribution in [-0.2, 0) is 6.54 Å². The van der Waals surface area contributed by atoms with Crippen LogP contribution in [0.5, 0.6) is 0 Å². The lowest BCUT2D eigenvalue weighted by atomic mass is 10.2. The standard InChI is InChI=1S/C14H22N4O/c1-10-7-11(2)18-13(8-15-14(18)16-10)9-17(4)6-5-12(3)19/h7-8,12,19H,5-6,9H2,1-4H3. The third kappa shape index (κ3) is 3.30. The van der Waals surface area contributed by atoms with E-state index >= 15 is 0 Å². The van der Waals surface area contributed by atoms with Crippen LogP contribution in [0.3, 0.4) is 0 Å². The number of aromatic nitrogens is 3. The van der Waals surface area contributed by atoms with Crippen LogP contribution in [-0.4, -0.2) is 44.1 Å². The van der Waals surface area contributed by atoms with Crippen molar-refractivity contribution < 1.29 is 5.11 Å². The zero-order valence-corrected chi connectivity index (χ0v) is 12.1. The van der Waals surface area contributed by atoms with Gasteiger partial charge in [-0.15, -0.1) is 0 Å². The maximum absolute atomic E-state index is 9.32. The van der Waals surface area contributed by atoms with Gasteiger partial charge in [-0.3, -0.25) is 4.40 Å². The van der Waals surface area contributed by atoms with Crippen LogP contribution in [0.2, 0.25) is 0 Å². The van der Waals surface area contributed by atoms with Crippen LogP contribution in [0.15, 0.2) is 12.3 Å². The molecule has 0 fully saturated rings. The lowest BCUT2D eigenvalue weighted by Gasteiger charge is -2.17. The van der Waals surface area contributed by atoms with Gasteiger partial charge in [0.15, 0.2) is 0 Å². The molecule has 1 unspecified atom stereocenters. The molecule has 0 aliphatic rings. The third-order valence-electron chi connectivity index (χ3n) is 3.22. The van der Waals surface area contributed by atoms with Crippen LogP contribution >= 0.6 is 0 Å². The number of fused-ring (bicyclic) bond motifs is 1. The highest BCUT2D eigenvalue weighted by Crippen LogP contribution is 2.12. The highest BCUT2D eigenvalue weighted by atomic mass is 16.3. The van der Waals surface area contributed by atoms with Gasteiger partial charge in [-0.1, -0.05) is 0 Å². The molecule has 2 heterocycles. The topological polar surface area (TPSA) is 53.7 Å². The molecule has 2 aromatic rings. The van der Waals surface area contributed by atoms with Gasteiger partial charge in [0.2, 0.25) is 5.78 Å². The van der Waals surface area contributed by atoms with Gasteiger partial charge in [-0.2, -0.15) is 0 Å². The van der Waals surface area contributed by atoms with Crippen molar-refractivity contribution in [2.45, 2.75) is 39.8 Å². The molecule has 0 aliphatic carbocycles. The van der Waals surface area contributed by atoms with E-state index in [4.69, 9.17) is 0 Å². The van der Waals surface area contributed by atoms with Gasteiger partial charge in [-0.25, -0.2) is 9.97 Å². The lowest BCUT2D eigenvalue weighted by Crippen LogP contribution is -2.23. The van der Waals surface area contributed by atoms with Crippen molar-refractivity contribution in [1.29, 1.82) is 0 Å². The number of aliphatic hydroxyl groups is 1. The van der Waals surface area contributed by atoms with Gasteiger partial charge in [0, 0.05) is 24.5 Å². The second kappa shape index (κ2) is 5.67. The summed E-state index contributed by atoms with van der Waals surface area (Å²) < 4.78 is 2.09. The van der Waals surface area contributed by atoms with Crippen molar-refractivity contribution >= 4 is 5.78 Å². The van der Waals surface area contributed by atoms with E-state index < -0.39 is 0 Å². The minimum atomic E-state index is -0.254. The van der Waals surface area contributed by atoms with Gasteiger partial charge in [0.05, 0.1) is 18.0 Å². The molecule has 0 aliphatic heterocycles. The minimum absolute atomic E-state index is 0.254. The molecule has 1 N–H and O–H groups in total. The molecule has 0 radical (unpaired) electrons. The van der Waals surface area contributed by atoms with Crippen molar-refractivity contribution in [2.75, 3.05) is 13.6 Å². The molecule has 0 aromatic carbocycles. The number of aryl methyl sites for hydroxylation is 2. The first-order valence-electron chi connectivity index (χ1n) is 6.64. The summed E-state index contributed by atoms with van der Waals surface area (Å²) >= 11 is 0. The van der Waals surface area contributed by atoms with E-state index in [2.05, 4.69) is 39.3 Å². The normalized spacial score (nSPS) is 13.4. The van der Waals surface area contributed by atoms with Crippen molar-refractivity contribution in [2.24, 2.45) is 0 Å². The van der Waals surface area contributed by atoms with Gasteiger partial charge >= 0.3 is 0 Å². The maximum Gasteiger partial charge on any atom is 0.234 e. The van der Waals surface area contributed by atoms with Crippen LogP contribution < -0.4 is 0 Å². The second-order valence-corrected chi connectivity index (χ2v) is 5.30. The number of nitrogens with zero attached hydrogens (tertiary/aromatic N) is 4. The molecule has 0 saturated carbocycles. The number of hydrogen-bond acceptors (Lipinski definition) is 4. The molecular formula is C14H22N4O. The van der Waals surface area contributed by atoms with Crippen molar-refractivity contribution in [1.82, 2.24) is 19.3 Å². The van der Waals surface area contributed by atoms with Crippen LogP contribution in [0.25, 0.3) is 5.78 Å². The summed E-state index contributed by atoms with van der Waals surface area (Å²) in [5.74, 6) is 0.761. The predicted octanol–water partition coefficient (Wildman–Crippen LogP) is 1.55. The summed E-state index contributed by atoms with van der Waals surface area (Å²) in [4.78, 5) is 11.0. The zero-order chi connectivity index (χ0) is 14.0. The molecule has 2 aromatic heterocycles. The lowest BCUT2D eigenvalue weighted by molar-refractivity contribution is 0.162. The quantitative estimate of drug-likeness (QED) is 0.888. The smallest absolute Gasteiger partial charge is 0.234 e. The molecule has 5 heteroatoms. The Kier molecular flexibility index (Phi) is 4.17. The monoisotopic (exact) mass is 262 g/mol. The van der Waals surface area contributed by atoms with Gasteiger partial charge in [0.25, 0.3) is 0 Å². The SMILES string of the molecule is Cc1cc(C)n2c(CN(C)CCC(C)O)cnc2n1. The zero-order valence-electron chi connectivity index (χ0n) is 12.1. The average molecular weight is 262 g/mol. The number of imidazole rings is 1. The summed E-state index contributed by atoms with van der Waals surface area (Å²) in [6.07, 6.45) is 2.41. The molecule has 0 bridgehead atoms. The number of aliphatic hydroxyl groups excluding tert-OH is 1. The van der Waals surface area contributed by atoms with Gasteiger partial charge in [-0.05, 0) is 40.3 Å². The van der Waals surface area contributed by atoms with E-state index in [0.717, 1.165) is 42.4 Å². The van der Waals surface area contributed by atoms with E-state index in [0.29, 0.717) is 0 Å². The first-order chi connectivity index (χ1) is 8.97. The highest BCUT2D eigenvalue weighted by molar-refractivity contribution is 5.35. The molecule has 0 amide bonds. The first-order valence-corrected chi connectivity index (χ1v) is 6.64. The summed E-state index contributed by atoms with van der Waals surface area (Å²) in [7, 11) is 2.05. The van der Waals surface area contributed by atoms with Crippen LogP contribution in [0, 0.1) is 13.8 Å². The largest absolute Gasteiger partial charge is 0.393 e. The van der Waals surface area contributed by atoms with Crippen molar-refractivity contribution in [3.63, 3.8) is 0 Å². The van der Waals surface area contributed by atoms with E-state index in [-0.39, 0.29) is 6.10 Å². The molecule has 5 nitrogen and oxygen atoms in total. The molecule has 2 rings (SSSR count). The minimum Gasteiger partial charge on any atom is -0.393 e. The Balaban J connectivity index is 2.17. The Morgan fingerprint density at radius 1 is 1.42 bits per heavy atom. The van der Waals surface area contributed by atoms with E-state index in [9.17, 15) is 5.11 Å². The second-order valence-electron chi connectivity index (χ2n) is 5.30. The number of rotatable bonds is 5. The first kappa shape index (κ1) is 14.0. The van der Waals surface area contributed by atoms with Crippen molar-refractivity contribution in [3.8, 4) is 0 Å². The molecule has 0 saturated heterocycles. The Hall–Kier alpha value is -1.46. The van der Waals surface area contributed by atoms with E-state index in [1.54, 1.807) is 0 Å². The molecule has 1 atom stereocenters. The Morgan fingerprint density at radius 2 is 2.16 bits per heavy atom. The van der Waals surface area contributed by atoms with Gasteiger partial charge in [0.1, 0.15) is 0 Å². The van der Waals surface area contributed by atoms with Gasteiger partial charge < -0.3 is 10.0 Å². The van der Waals surface area contributed by atoms with Crippen LogP contribution in [0.4, 0.5) is 0 Å². The van der Waals surface area contributed by atoms with Crippen LogP contribution in [0.1, 0.15) is 30.4 Å².